The van der Waals surface area contributed by atoms with Gasteiger partial charge in [0, 0.05) is 12.1 Å². The number of hydrogen-bond acceptors (Lipinski definition) is 5. The van der Waals surface area contributed by atoms with Gasteiger partial charge in [0.25, 0.3) is 0 Å². The Balaban J connectivity index is 1.73. The van der Waals surface area contributed by atoms with Crippen molar-refractivity contribution in [2.24, 2.45) is 0 Å². The monoisotopic (exact) mass is 357 g/mol. The van der Waals surface area contributed by atoms with E-state index in [4.69, 9.17) is 4.74 Å². The minimum Gasteiger partial charge on any atom is -0.508 e. The minimum atomic E-state index is -0.693. The van der Waals surface area contributed by atoms with Gasteiger partial charge in [-0.25, -0.2) is 0 Å². The quantitative estimate of drug-likeness (QED) is 0.367. The molecule has 0 spiro atoms. The van der Waals surface area contributed by atoms with Crippen LogP contribution in [0.2, 0.25) is 0 Å². The van der Waals surface area contributed by atoms with Crippen LogP contribution in [0.25, 0.3) is 0 Å². The fourth-order valence-electron chi connectivity index (χ4n) is 2.54. The molecule has 0 radical (unpaired) electrons. The summed E-state index contributed by atoms with van der Waals surface area (Å²) in [4.78, 5) is 0. The van der Waals surface area contributed by atoms with Crippen molar-refractivity contribution >= 4 is 0 Å². The lowest BCUT2D eigenvalue weighted by atomic mass is 10.1. The van der Waals surface area contributed by atoms with Crippen LogP contribution >= 0.6 is 0 Å². The van der Waals surface area contributed by atoms with E-state index in [1.807, 2.05) is 30.3 Å². The molecule has 1 atom stereocenters. The second-order valence-electron chi connectivity index (χ2n) is 6.09. The molecule has 0 amide bonds. The van der Waals surface area contributed by atoms with E-state index in [0.717, 1.165) is 25.1 Å². The van der Waals surface area contributed by atoms with Gasteiger partial charge >= 0.3 is 0 Å². The van der Waals surface area contributed by atoms with E-state index in [-0.39, 0.29) is 12.4 Å². The van der Waals surface area contributed by atoms with Gasteiger partial charge in [-0.05, 0) is 54.8 Å². The van der Waals surface area contributed by atoms with E-state index in [1.165, 1.54) is 11.6 Å². The Morgan fingerprint density at radius 1 is 1.15 bits per heavy atom. The Kier molecular flexibility index (Phi) is 8.15. The van der Waals surface area contributed by atoms with Crippen molar-refractivity contribution < 1.29 is 20.1 Å². The number of ether oxygens (including phenoxy) is 1. The van der Waals surface area contributed by atoms with Crippen molar-refractivity contribution in [1.82, 2.24) is 5.32 Å². The van der Waals surface area contributed by atoms with E-state index < -0.39 is 6.10 Å². The Morgan fingerprint density at radius 3 is 2.62 bits per heavy atom. The number of aliphatic hydroxyl groups excluding tert-OH is 2. The van der Waals surface area contributed by atoms with Crippen LogP contribution < -0.4 is 10.1 Å². The minimum absolute atomic E-state index is 0.0355. The topological polar surface area (TPSA) is 82.0 Å². The van der Waals surface area contributed by atoms with E-state index >= 15 is 0 Å². The summed E-state index contributed by atoms with van der Waals surface area (Å²) in [5, 5.41) is 32.2. The Hall–Kier alpha value is -2.34. The van der Waals surface area contributed by atoms with Crippen molar-refractivity contribution in [1.29, 1.82) is 0 Å². The maximum absolute atomic E-state index is 10.2. The molecule has 2 rings (SSSR count). The van der Waals surface area contributed by atoms with E-state index in [0.29, 0.717) is 24.3 Å². The van der Waals surface area contributed by atoms with Gasteiger partial charge in [0.1, 0.15) is 11.5 Å². The molecule has 0 aliphatic rings. The van der Waals surface area contributed by atoms with Crippen LogP contribution in [0.15, 0.2) is 55.1 Å². The molecular formula is C21H27NO4. The molecule has 0 aliphatic heterocycles. The van der Waals surface area contributed by atoms with E-state index in [2.05, 4.69) is 11.9 Å². The molecule has 0 fully saturated rings. The number of hydrogen-bond donors (Lipinski definition) is 4. The predicted octanol–water partition coefficient (Wildman–Crippen LogP) is 2.71. The number of nitrogens with one attached hydrogen (secondary N) is 1. The summed E-state index contributed by atoms with van der Waals surface area (Å²) in [6, 6.07) is 12.8. The highest BCUT2D eigenvalue weighted by Crippen LogP contribution is 2.22. The molecule has 140 valence electrons. The maximum atomic E-state index is 10.2. The number of aromatic hydroxyl groups is 1. The molecule has 5 heteroatoms. The van der Waals surface area contributed by atoms with Gasteiger partial charge in [-0.3, -0.25) is 0 Å². The predicted molar refractivity (Wildman–Crippen MR) is 102 cm³/mol. The zero-order valence-electron chi connectivity index (χ0n) is 14.9. The van der Waals surface area contributed by atoms with Gasteiger partial charge < -0.3 is 25.4 Å². The van der Waals surface area contributed by atoms with Crippen molar-refractivity contribution in [3.05, 3.63) is 71.8 Å². The van der Waals surface area contributed by atoms with Crippen molar-refractivity contribution in [2.75, 3.05) is 19.7 Å². The third-order valence-electron chi connectivity index (χ3n) is 4.10. The molecule has 4 N–H and O–H groups in total. The summed E-state index contributed by atoms with van der Waals surface area (Å²) in [5.41, 5.74) is 2.27. The second kappa shape index (κ2) is 10.6. The highest BCUT2D eigenvalue weighted by molar-refractivity contribution is 5.36. The van der Waals surface area contributed by atoms with Crippen LogP contribution in [-0.4, -0.2) is 35.0 Å². The SMILES string of the molecule is C=CCCOc1ccc(CCNCC(O)c2ccc(O)c(CO)c2)cc1. The van der Waals surface area contributed by atoms with Crippen LogP contribution in [0.5, 0.6) is 11.5 Å². The Morgan fingerprint density at radius 2 is 1.92 bits per heavy atom. The zero-order valence-corrected chi connectivity index (χ0v) is 14.9. The fourth-order valence-corrected chi connectivity index (χ4v) is 2.54. The van der Waals surface area contributed by atoms with Gasteiger partial charge in [-0.15, -0.1) is 6.58 Å². The largest absolute Gasteiger partial charge is 0.508 e. The van der Waals surface area contributed by atoms with Crippen molar-refractivity contribution in [3.8, 4) is 11.5 Å². The summed E-state index contributed by atoms with van der Waals surface area (Å²) >= 11 is 0. The highest BCUT2D eigenvalue weighted by Gasteiger charge is 2.10. The summed E-state index contributed by atoms with van der Waals surface area (Å²) in [6.45, 7) is 5.18. The van der Waals surface area contributed by atoms with E-state index in [1.54, 1.807) is 12.1 Å². The first-order chi connectivity index (χ1) is 12.6. The van der Waals surface area contributed by atoms with Crippen LogP contribution in [-0.2, 0) is 13.0 Å². The normalized spacial score (nSPS) is 11.9. The van der Waals surface area contributed by atoms with Crippen molar-refractivity contribution in [2.45, 2.75) is 25.6 Å². The molecule has 0 aliphatic carbocycles. The molecule has 0 aromatic heterocycles. The zero-order chi connectivity index (χ0) is 18.8. The molecule has 0 saturated heterocycles. The number of rotatable bonds is 11. The average molecular weight is 357 g/mol. The molecule has 0 bridgehead atoms. The van der Waals surface area contributed by atoms with Gasteiger partial charge in [0.05, 0.1) is 19.3 Å². The summed E-state index contributed by atoms with van der Waals surface area (Å²) in [7, 11) is 0. The number of aliphatic hydroxyl groups is 2. The molecule has 0 saturated carbocycles. The first-order valence-electron chi connectivity index (χ1n) is 8.78. The number of benzene rings is 2. The molecular weight excluding hydrogens is 330 g/mol. The Bertz CT molecular complexity index is 685. The second-order valence-corrected chi connectivity index (χ2v) is 6.09. The highest BCUT2D eigenvalue weighted by atomic mass is 16.5. The molecule has 1 unspecified atom stereocenters. The molecule has 5 nitrogen and oxygen atoms in total. The lowest BCUT2D eigenvalue weighted by Crippen LogP contribution is -2.23. The summed E-state index contributed by atoms with van der Waals surface area (Å²) in [5.74, 6) is 0.888. The van der Waals surface area contributed by atoms with Crippen molar-refractivity contribution in [3.63, 3.8) is 0 Å². The lowest BCUT2D eigenvalue weighted by molar-refractivity contribution is 0.174. The summed E-state index contributed by atoms with van der Waals surface area (Å²) < 4.78 is 5.58. The third-order valence-corrected chi connectivity index (χ3v) is 4.10. The number of phenols is 1. The van der Waals surface area contributed by atoms with Gasteiger partial charge in [-0.1, -0.05) is 24.3 Å². The smallest absolute Gasteiger partial charge is 0.121 e. The fraction of sp³-hybridized carbons (Fsp3) is 0.333. The van der Waals surface area contributed by atoms with Crippen LogP contribution in [0, 0.1) is 0 Å². The van der Waals surface area contributed by atoms with Gasteiger partial charge in [0.15, 0.2) is 0 Å². The third kappa shape index (κ3) is 6.19. The van der Waals surface area contributed by atoms with Crippen LogP contribution in [0.1, 0.15) is 29.2 Å². The lowest BCUT2D eigenvalue weighted by Gasteiger charge is -2.14. The molecule has 2 aromatic rings. The molecule has 0 heterocycles. The van der Waals surface area contributed by atoms with Gasteiger partial charge in [-0.2, -0.15) is 0 Å². The molecule has 2 aromatic carbocycles. The Labute approximate surface area is 154 Å². The standard InChI is InChI=1S/C21H27NO4/c1-2-3-12-26-19-7-4-16(5-8-19)10-11-22-14-21(25)17-6-9-20(24)18(13-17)15-23/h2,4-9,13,21-25H,1,3,10-12,14-15H2. The average Bonchev–Trinajstić information content (AvgIpc) is 2.66. The van der Waals surface area contributed by atoms with E-state index in [9.17, 15) is 15.3 Å². The first-order valence-corrected chi connectivity index (χ1v) is 8.78. The molecule has 26 heavy (non-hydrogen) atoms. The first kappa shape index (κ1) is 20.0. The van der Waals surface area contributed by atoms with Gasteiger partial charge in [0.2, 0.25) is 0 Å². The van der Waals surface area contributed by atoms with Crippen LogP contribution in [0.3, 0.4) is 0 Å². The summed E-state index contributed by atoms with van der Waals surface area (Å²) in [6.07, 6.45) is 2.81. The maximum Gasteiger partial charge on any atom is 0.121 e. The van der Waals surface area contributed by atoms with Crippen LogP contribution in [0.4, 0.5) is 0 Å².